The van der Waals surface area contributed by atoms with Gasteiger partial charge in [0.2, 0.25) is 5.88 Å². The number of allylic oxidation sites excluding steroid dienone is 1. The highest BCUT2D eigenvalue weighted by Crippen LogP contribution is 2.17. The van der Waals surface area contributed by atoms with Crippen LogP contribution in [0.5, 0.6) is 17.4 Å². The van der Waals surface area contributed by atoms with Gasteiger partial charge in [-0.1, -0.05) is 127 Å². The molecule has 0 saturated carbocycles. The van der Waals surface area contributed by atoms with Gasteiger partial charge in [0.1, 0.15) is 17.3 Å². The fraction of sp³-hybridized carbons (Fsp3) is 0.333. The molecule has 0 atom stereocenters. The molecule has 7 heterocycles. The maximum Gasteiger partial charge on any atom is 0.212 e. The van der Waals surface area contributed by atoms with E-state index in [4.69, 9.17) is 14.2 Å². The van der Waals surface area contributed by atoms with Crippen LogP contribution in [0.4, 0.5) is 5.82 Å². The van der Waals surface area contributed by atoms with Crippen molar-refractivity contribution in [3.8, 4) is 17.4 Å². The van der Waals surface area contributed by atoms with E-state index < -0.39 is 0 Å². The summed E-state index contributed by atoms with van der Waals surface area (Å²) in [6, 6.07) is 50.5. The average molecular weight is 1070 g/mol. The Labute approximate surface area is 476 Å². The number of pyridine rings is 5. The molecule has 0 spiro atoms. The van der Waals surface area contributed by atoms with E-state index in [0.29, 0.717) is 5.88 Å². The lowest BCUT2D eigenvalue weighted by Crippen LogP contribution is -2.29. The van der Waals surface area contributed by atoms with Crippen molar-refractivity contribution in [2.75, 3.05) is 45.9 Å². The van der Waals surface area contributed by atoms with Gasteiger partial charge in [0, 0.05) is 72.8 Å². The number of aromatic nitrogens is 5. The Hall–Kier alpha value is -7.98. The molecule has 0 amide bonds. The summed E-state index contributed by atoms with van der Waals surface area (Å²) in [6.07, 6.45) is 15.6. The summed E-state index contributed by atoms with van der Waals surface area (Å²) in [5, 5.41) is 0. The van der Waals surface area contributed by atoms with Gasteiger partial charge in [-0.2, -0.15) is 0 Å². The normalized spacial score (nSPS) is 11.6. The third-order valence-corrected chi connectivity index (χ3v) is 11.7. The number of rotatable bonds is 5. The molecule has 10 nitrogen and oxygen atoms in total. The van der Waals surface area contributed by atoms with Crippen molar-refractivity contribution in [2.45, 2.75) is 115 Å². The van der Waals surface area contributed by atoms with E-state index in [0.717, 1.165) is 59.3 Å². The Bertz CT molecular complexity index is 2730. The standard InChI is InChI=1S/C11H16N2.C8H11N.C8H10O.2C7H9NO.C7H11N.C7H9N.2C7H8/c1-10-5-6-11(12-9-10)13-7-3-2-4-8-13;1-3-8-6-4-5-7(2)9-8;1-7-5-3-4-6-8(7)9-2;1-6-3-4-7(9-2)5-8-6;1-6-3-4-7(9-2)8-5-6;1-6-3-4-8-7(2)5-6;1-6-3-4-7(2)8-5-6;2*1-7-5-3-2-4-6-7/h5-6,9H,2-4,7-8H2,1H3;4-6H,3H2,1-2H3;3-6H,1-2H3;2*3-5H,1-2H3;5H,3-4H2,1-2H3;3-5H,1-2H3;2*2-6H,1H3. The van der Waals surface area contributed by atoms with Crippen LogP contribution in [-0.2, 0) is 6.42 Å². The Morgan fingerprint density at radius 2 is 0.987 bits per heavy atom. The van der Waals surface area contributed by atoms with Gasteiger partial charge in [-0.05, 0) is 179 Å². The van der Waals surface area contributed by atoms with Crippen LogP contribution in [0.3, 0.4) is 0 Å². The van der Waals surface area contributed by atoms with E-state index in [-0.39, 0.29) is 0 Å². The number of anilines is 1. The quantitative estimate of drug-likeness (QED) is 0.166. The molecule has 1 saturated heterocycles. The lowest BCUT2D eigenvalue weighted by molar-refractivity contribution is 0.397. The van der Waals surface area contributed by atoms with Gasteiger partial charge in [0.05, 0.1) is 27.5 Å². The zero-order valence-corrected chi connectivity index (χ0v) is 50.3. The molecule has 2 aliphatic heterocycles. The van der Waals surface area contributed by atoms with Crippen LogP contribution >= 0.6 is 0 Å². The van der Waals surface area contributed by atoms with Crippen molar-refractivity contribution in [1.29, 1.82) is 0 Å². The first kappa shape index (κ1) is 67.1. The third-order valence-electron chi connectivity index (χ3n) is 11.7. The number of benzene rings is 3. The van der Waals surface area contributed by atoms with Crippen molar-refractivity contribution in [3.63, 3.8) is 0 Å². The summed E-state index contributed by atoms with van der Waals surface area (Å²) in [6.45, 7) is 27.9. The molecule has 8 aromatic rings. The second kappa shape index (κ2) is 41.2. The molecule has 0 radical (unpaired) electrons. The Kier molecular flexibility index (Phi) is 35.0. The zero-order valence-electron chi connectivity index (χ0n) is 50.3. The van der Waals surface area contributed by atoms with Crippen LogP contribution in [-0.4, -0.2) is 71.6 Å². The Morgan fingerprint density at radius 1 is 0.443 bits per heavy atom. The van der Waals surface area contributed by atoms with Crippen LogP contribution in [0, 0.1) is 62.3 Å². The minimum Gasteiger partial charge on any atom is -0.496 e. The number of dihydropyridines is 1. The molecule has 5 aromatic heterocycles. The molecule has 420 valence electrons. The molecular weight excluding hydrogens is 975 g/mol. The largest absolute Gasteiger partial charge is 0.496 e. The number of hydrogen-bond donors (Lipinski definition) is 0. The van der Waals surface area contributed by atoms with Gasteiger partial charge >= 0.3 is 0 Å². The monoisotopic (exact) mass is 1070 g/mol. The molecule has 10 rings (SSSR count). The third kappa shape index (κ3) is 33.0. The Balaban J connectivity index is 0.000000306. The first-order valence-corrected chi connectivity index (χ1v) is 27.3. The van der Waals surface area contributed by atoms with Crippen molar-refractivity contribution >= 4 is 11.5 Å². The minimum absolute atomic E-state index is 0.667. The van der Waals surface area contributed by atoms with Crippen LogP contribution in [0.1, 0.15) is 103 Å². The molecule has 1 fully saturated rings. The summed E-state index contributed by atoms with van der Waals surface area (Å²) >= 11 is 0. The zero-order chi connectivity index (χ0) is 58.0. The molecule has 0 aliphatic carbocycles. The van der Waals surface area contributed by atoms with Crippen molar-refractivity contribution in [3.05, 3.63) is 244 Å². The van der Waals surface area contributed by atoms with Gasteiger partial charge in [0.15, 0.2) is 0 Å². The predicted molar refractivity (Wildman–Crippen MR) is 335 cm³/mol. The highest BCUT2D eigenvalue weighted by molar-refractivity contribution is 5.93. The molecular formula is C69H91N7O3. The number of aryl methyl sites for hydroxylation is 10. The number of hydrogen-bond acceptors (Lipinski definition) is 10. The smallest absolute Gasteiger partial charge is 0.212 e. The second-order valence-electron chi connectivity index (χ2n) is 19.1. The second-order valence-corrected chi connectivity index (χ2v) is 19.1. The maximum atomic E-state index is 5.04. The first-order valence-electron chi connectivity index (χ1n) is 27.3. The summed E-state index contributed by atoms with van der Waals surface area (Å²) in [5.41, 5.74) is 14.4. The van der Waals surface area contributed by atoms with Crippen molar-refractivity contribution in [1.82, 2.24) is 24.9 Å². The lowest BCUT2D eigenvalue weighted by atomic mass is 10.1. The Morgan fingerprint density at radius 3 is 1.35 bits per heavy atom. The van der Waals surface area contributed by atoms with E-state index in [1.54, 1.807) is 33.7 Å². The number of methoxy groups -OCH3 is 3. The van der Waals surface area contributed by atoms with Crippen LogP contribution < -0.4 is 19.1 Å². The molecule has 10 heteroatoms. The minimum atomic E-state index is 0.667. The molecule has 0 bridgehead atoms. The number of para-hydroxylation sites is 1. The molecule has 0 N–H and O–H groups in total. The fourth-order valence-corrected chi connectivity index (χ4v) is 7.00. The van der Waals surface area contributed by atoms with Gasteiger partial charge in [-0.3, -0.25) is 19.9 Å². The maximum absolute atomic E-state index is 5.04. The molecule has 3 aromatic carbocycles. The van der Waals surface area contributed by atoms with E-state index in [1.807, 2.05) is 170 Å². The van der Waals surface area contributed by atoms with Crippen molar-refractivity contribution in [2.24, 2.45) is 4.99 Å². The number of nitrogens with zero attached hydrogens (tertiary/aromatic N) is 7. The van der Waals surface area contributed by atoms with E-state index in [1.165, 1.54) is 77.1 Å². The van der Waals surface area contributed by atoms with Crippen LogP contribution in [0.2, 0.25) is 0 Å². The van der Waals surface area contributed by atoms with Gasteiger partial charge in [0.25, 0.3) is 0 Å². The van der Waals surface area contributed by atoms with E-state index >= 15 is 0 Å². The molecule has 0 unspecified atom stereocenters. The van der Waals surface area contributed by atoms with E-state index in [9.17, 15) is 0 Å². The first-order chi connectivity index (χ1) is 38.0. The van der Waals surface area contributed by atoms with Gasteiger partial charge < -0.3 is 19.1 Å². The summed E-state index contributed by atoms with van der Waals surface area (Å²) in [7, 11) is 4.92. The molecule has 79 heavy (non-hydrogen) atoms. The summed E-state index contributed by atoms with van der Waals surface area (Å²) < 4.78 is 14.8. The highest BCUT2D eigenvalue weighted by Gasteiger charge is 2.11. The molecule has 2 aliphatic rings. The summed E-state index contributed by atoms with van der Waals surface area (Å²) in [5.74, 6) is 3.57. The average Bonchev–Trinajstić information content (AvgIpc) is 3.47. The number of aliphatic imine (C=N–C) groups is 1. The number of ether oxygens (including phenoxy) is 3. The topological polar surface area (TPSA) is 108 Å². The van der Waals surface area contributed by atoms with Crippen LogP contribution in [0.25, 0.3) is 0 Å². The SMILES string of the molecule is CC1=CC(C)=NCC1.CCc1cccc(C)n1.COc1ccc(C)cn1.COc1ccc(C)nc1.COc1ccccc1C.Cc1ccc(C)nc1.Cc1ccc(N2CCCCC2)nc1.Cc1ccccc1.Cc1ccccc1. The van der Waals surface area contributed by atoms with E-state index in [2.05, 4.69) is 118 Å². The predicted octanol–water partition coefficient (Wildman–Crippen LogP) is 16.6. The highest BCUT2D eigenvalue weighted by atomic mass is 16.5. The van der Waals surface area contributed by atoms with Gasteiger partial charge in [-0.15, -0.1) is 0 Å². The van der Waals surface area contributed by atoms with Crippen molar-refractivity contribution < 1.29 is 14.2 Å². The van der Waals surface area contributed by atoms with Gasteiger partial charge in [-0.25, -0.2) is 9.97 Å². The van der Waals surface area contributed by atoms with Crippen LogP contribution in [0.15, 0.2) is 193 Å². The fourth-order valence-electron chi connectivity index (χ4n) is 7.00. The number of piperidine rings is 1. The summed E-state index contributed by atoms with van der Waals surface area (Å²) in [4.78, 5) is 27.4. The lowest BCUT2D eigenvalue weighted by Gasteiger charge is -2.27.